The minimum atomic E-state index is -0.329. The summed E-state index contributed by atoms with van der Waals surface area (Å²) < 4.78 is 0. The summed E-state index contributed by atoms with van der Waals surface area (Å²) in [6.45, 7) is 5.99. The molecule has 0 unspecified atom stereocenters. The molecule has 1 aromatic heterocycles. The lowest BCUT2D eigenvalue weighted by atomic mass is 9.96. The second kappa shape index (κ2) is 3.49. The van der Waals surface area contributed by atoms with Gasteiger partial charge in [0.05, 0.1) is 0 Å². The summed E-state index contributed by atoms with van der Waals surface area (Å²) in [5, 5.41) is 0.522. The van der Waals surface area contributed by atoms with Gasteiger partial charge in [-0.2, -0.15) is 4.98 Å². The molecule has 0 atom stereocenters. The number of hydrogen-bond donors (Lipinski definition) is 1. The van der Waals surface area contributed by atoms with Gasteiger partial charge in [0, 0.05) is 5.41 Å². The fourth-order valence-electron chi connectivity index (χ4n) is 0.811. The van der Waals surface area contributed by atoms with Crippen molar-refractivity contribution < 1.29 is 0 Å². The van der Waals surface area contributed by atoms with Crippen molar-refractivity contribution in [3.05, 3.63) is 16.3 Å². The summed E-state index contributed by atoms with van der Waals surface area (Å²) in [5.41, 5.74) is -0.476. The normalized spacial score (nSPS) is 11.7. The first-order chi connectivity index (χ1) is 5.93. The average molecular weight is 199 g/mol. The molecule has 0 radical (unpaired) electrons. The molecule has 1 rings (SSSR count). The van der Waals surface area contributed by atoms with Crippen LogP contribution in [0.25, 0.3) is 0 Å². The SMILES string of the molecule is CSc1nc(C(C)(C)C)[nH]c(=O)n1. The molecule has 72 valence electrons. The molecule has 4 nitrogen and oxygen atoms in total. The van der Waals surface area contributed by atoms with Crippen LogP contribution < -0.4 is 5.69 Å². The highest BCUT2D eigenvalue weighted by Crippen LogP contribution is 2.17. The highest BCUT2D eigenvalue weighted by molar-refractivity contribution is 7.98. The summed E-state index contributed by atoms with van der Waals surface area (Å²) in [5.74, 6) is 0.678. The van der Waals surface area contributed by atoms with Crippen LogP contribution in [0.3, 0.4) is 0 Å². The molecule has 5 heteroatoms. The van der Waals surface area contributed by atoms with Crippen LogP contribution in [0.2, 0.25) is 0 Å². The zero-order chi connectivity index (χ0) is 10.1. The van der Waals surface area contributed by atoms with Gasteiger partial charge in [-0.25, -0.2) is 9.78 Å². The van der Waals surface area contributed by atoms with Gasteiger partial charge in [-0.3, -0.25) is 4.98 Å². The molecular formula is C8H13N3OS. The Kier molecular flexibility index (Phi) is 2.75. The fourth-order valence-corrected chi connectivity index (χ4v) is 1.17. The van der Waals surface area contributed by atoms with Gasteiger partial charge in [-0.05, 0) is 6.26 Å². The molecule has 0 saturated carbocycles. The molecule has 0 aliphatic carbocycles. The molecule has 1 heterocycles. The van der Waals surface area contributed by atoms with E-state index in [2.05, 4.69) is 15.0 Å². The van der Waals surface area contributed by atoms with Gasteiger partial charge in [0.2, 0.25) is 0 Å². The minimum Gasteiger partial charge on any atom is -0.293 e. The maximum atomic E-state index is 11.1. The standard InChI is InChI=1S/C8H13N3OS/c1-8(2,3)5-9-6(12)11-7(10-5)13-4/h1-4H3,(H,9,10,11,12). The van der Waals surface area contributed by atoms with E-state index < -0.39 is 0 Å². The van der Waals surface area contributed by atoms with E-state index >= 15 is 0 Å². The maximum Gasteiger partial charge on any atom is 0.348 e. The van der Waals surface area contributed by atoms with E-state index in [0.29, 0.717) is 11.0 Å². The monoisotopic (exact) mass is 199 g/mol. The lowest BCUT2D eigenvalue weighted by Gasteiger charge is -2.16. The first kappa shape index (κ1) is 10.2. The van der Waals surface area contributed by atoms with E-state index in [0.717, 1.165) is 0 Å². The van der Waals surface area contributed by atoms with Gasteiger partial charge in [-0.1, -0.05) is 32.5 Å². The Hall–Kier alpha value is -0.840. The number of thioether (sulfide) groups is 1. The van der Waals surface area contributed by atoms with Crippen molar-refractivity contribution in [3.8, 4) is 0 Å². The Balaban J connectivity index is 3.24. The van der Waals surface area contributed by atoms with Crippen molar-refractivity contribution in [1.29, 1.82) is 0 Å². The van der Waals surface area contributed by atoms with Crippen LogP contribution >= 0.6 is 11.8 Å². The summed E-state index contributed by atoms with van der Waals surface area (Å²) in [6.07, 6.45) is 1.85. The van der Waals surface area contributed by atoms with Crippen LogP contribution in [0.1, 0.15) is 26.6 Å². The summed E-state index contributed by atoms with van der Waals surface area (Å²) in [7, 11) is 0. The van der Waals surface area contributed by atoms with E-state index in [-0.39, 0.29) is 11.1 Å². The molecule has 0 amide bonds. The third kappa shape index (κ3) is 2.55. The van der Waals surface area contributed by atoms with Gasteiger partial charge >= 0.3 is 5.69 Å². The van der Waals surface area contributed by atoms with Gasteiger partial charge < -0.3 is 0 Å². The Morgan fingerprint density at radius 2 is 1.92 bits per heavy atom. The molecular weight excluding hydrogens is 186 g/mol. The molecule has 13 heavy (non-hydrogen) atoms. The minimum absolute atomic E-state index is 0.146. The number of aromatic amines is 1. The summed E-state index contributed by atoms with van der Waals surface area (Å²) >= 11 is 1.37. The van der Waals surface area contributed by atoms with E-state index in [1.165, 1.54) is 11.8 Å². The van der Waals surface area contributed by atoms with Gasteiger partial charge in [0.1, 0.15) is 5.82 Å². The van der Waals surface area contributed by atoms with Crippen LogP contribution in [0.5, 0.6) is 0 Å². The first-order valence-corrected chi connectivity index (χ1v) is 5.19. The van der Waals surface area contributed by atoms with Crippen molar-refractivity contribution in [2.24, 2.45) is 0 Å². The number of H-pyrrole nitrogens is 1. The van der Waals surface area contributed by atoms with Crippen molar-refractivity contribution in [1.82, 2.24) is 15.0 Å². The van der Waals surface area contributed by atoms with Crippen molar-refractivity contribution in [3.63, 3.8) is 0 Å². The van der Waals surface area contributed by atoms with E-state index in [4.69, 9.17) is 0 Å². The summed E-state index contributed by atoms with van der Waals surface area (Å²) in [4.78, 5) is 21.7. The van der Waals surface area contributed by atoms with Crippen molar-refractivity contribution >= 4 is 11.8 Å². The molecule has 0 bridgehead atoms. The van der Waals surface area contributed by atoms with Crippen LogP contribution in [-0.2, 0) is 5.41 Å². The van der Waals surface area contributed by atoms with E-state index in [9.17, 15) is 4.79 Å². The Labute approximate surface area is 81.2 Å². The fraction of sp³-hybridized carbons (Fsp3) is 0.625. The highest BCUT2D eigenvalue weighted by Gasteiger charge is 2.17. The zero-order valence-corrected chi connectivity index (χ0v) is 9.03. The average Bonchev–Trinajstić information content (AvgIpc) is 2.01. The molecule has 1 aromatic rings. The molecule has 0 saturated heterocycles. The molecule has 0 aliphatic rings. The quantitative estimate of drug-likeness (QED) is 0.690. The number of nitrogens with zero attached hydrogens (tertiary/aromatic N) is 2. The number of rotatable bonds is 1. The van der Waals surface area contributed by atoms with Gasteiger partial charge in [0.25, 0.3) is 0 Å². The third-order valence-electron chi connectivity index (χ3n) is 1.52. The topological polar surface area (TPSA) is 58.6 Å². The van der Waals surface area contributed by atoms with Crippen molar-refractivity contribution in [2.75, 3.05) is 6.26 Å². The maximum absolute atomic E-state index is 11.1. The second-order valence-electron chi connectivity index (χ2n) is 3.74. The lowest BCUT2D eigenvalue weighted by Crippen LogP contribution is -2.24. The van der Waals surface area contributed by atoms with Gasteiger partial charge in [-0.15, -0.1) is 0 Å². The Morgan fingerprint density at radius 3 is 2.38 bits per heavy atom. The predicted octanol–water partition coefficient (Wildman–Crippen LogP) is 1.18. The van der Waals surface area contributed by atoms with Crippen LogP contribution in [0.15, 0.2) is 9.95 Å². The lowest BCUT2D eigenvalue weighted by molar-refractivity contribution is 0.526. The molecule has 0 spiro atoms. The number of aromatic nitrogens is 3. The smallest absolute Gasteiger partial charge is 0.293 e. The molecule has 0 fully saturated rings. The first-order valence-electron chi connectivity index (χ1n) is 3.96. The van der Waals surface area contributed by atoms with Crippen molar-refractivity contribution in [2.45, 2.75) is 31.3 Å². The Morgan fingerprint density at radius 1 is 1.31 bits per heavy atom. The predicted molar refractivity (Wildman–Crippen MR) is 53.1 cm³/mol. The number of hydrogen-bond acceptors (Lipinski definition) is 4. The van der Waals surface area contributed by atoms with E-state index in [1.807, 2.05) is 27.0 Å². The largest absolute Gasteiger partial charge is 0.348 e. The van der Waals surface area contributed by atoms with E-state index in [1.54, 1.807) is 0 Å². The zero-order valence-electron chi connectivity index (χ0n) is 8.21. The third-order valence-corrected chi connectivity index (χ3v) is 2.07. The highest BCUT2D eigenvalue weighted by atomic mass is 32.2. The van der Waals surface area contributed by atoms with Crippen LogP contribution in [-0.4, -0.2) is 21.2 Å². The Bertz CT molecular complexity index is 353. The van der Waals surface area contributed by atoms with Gasteiger partial charge in [0.15, 0.2) is 5.16 Å². The summed E-state index contributed by atoms with van der Waals surface area (Å²) in [6, 6.07) is 0. The molecule has 0 aromatic carbocycles. The second-order valence-corrected chi connectivity index (χ2v) is 4.51. The molecule has 1 N–H and O–H groups in total. The van der Waals surface area contributed by atoms with Crippen LogP contribution in [0, 0.1) is 0 Å². The molecule has 0 aliphatic heterocycles. The van der Waals surface area contributed by atoms with Crippen LogP contribution in [0.4, 0.5) is 0 Å². The number of nitrogens with one attached hydrogen (secondary N) is 1.